The van der Waals surface area contributed by atoms with Crippen molar-refractivity contribution < 1.29 is 0 Å². The van der Waals surface area contributed by atoms with E-state index in [1.807, 2.05) is 29.7 Å². The minimum Gasteiger partial charge on any atom is -0.298 e. The average Bonchev–Trinajstić information content (AvgIpc) is 3.58. The van der Waals surface area contributed by atoms with Crippen LogP contribution in [-0.2, 0) is 13.1 Å². The highest BCUT2D eigenvalue weighted by Gasteiger charge is 2.36. The van der Waals surface area contributed by atoms with Crippen LogP contribution in [0.4, 0.5) is 11.6 Å². The number of rotatable bonds is 4. The minimum absolute atomic E-state index is 0.0822. The lowest BCUT2D eigenvalue weighted by atomic mass is 10.1. The SMILES string of the molecule is Cc1ccc(N2CN(C3CC3)Cn3c2nc(C)c(Cc2ccccc2)c3=O)cc1. The van der Waals surface area contributed by atoms with Crippen LogP contribution in [-0.4, -0.2) is 27.2 Å². The zero-order chi connectivity index (χ0) is 20.0. The van der Waals surface area contributed by atoms with E-state index >= 15 is 0 Å². The number of aryl methyl sites for hydroxylation is 2. The Bertz CT molecular complexity index is 1080. The highest BCUT2D eigenvalue weighted by Crippen LogP contribution is 2.34. The largest absolute Gasteiger partial charge is 0.298 e. The second-order valence-corrected chi connectivity index (χ2v) is 8.24. The summed E-state index contributed by atoms with van der Waals surface area (Å²) in [6.07, 6.45) is 3.04. The third-order valence-electron chi connectivity index (χ3n) is 5.97. The molecule has 2 heterocycles. The van der Waals surface area contributed by atoms with Crippen molar-refractivity contribution in [3.05, 3.63) is 87.3 Å². The van der Waals surface area contributed by atoms with Crippen molar-refractivity contribution in [2.24, 2.45) is 0 Å². The molecule has 148 valence electrons. The second-order valence-electron chi connectivity index (χ2n) is 8.24. The molecule has 1 aromatic heterocycles. The molecule has 5 heteroatoms. The van der Waals surface area contributed by atoms with Gasteiger partial charge in [0.1, 0.15) is 0 Å². The molecule has 0 N–H and O–H groups in total. The van der Waals surface area contributed by atoms with E-state index in [4.69, 9.17) is 4.98 Å². The Morgan fingerprint density at radius 3 is 2.38 bits per heavy atom. The highest BCUT2D eigenvalue weighted by molar-refractivity contribution is 5.59. The zero-order valence-corrected chi connectivity index (χ0v) is 17.0. The van der Waals surface area contributed by atoms with Crippen LogP contribution in [0.2, 0.25) is 0 Å². The average molecular weight is 386 g/mol. The van der Waals surface area contributed by atoms with Gasteiger partial charge in [0.05, 0.1) is 19.0 Å². The Balaban J connectivity index is 1.60. The van der Waals surface area contributed by atoms with Crippen LogP contribution in [0.5, 0.6) is 0 Å². The van der Waals surface area contributed by atoms with E-state index in [-0.39, 0.29) is 5.56 Å². The summed E-state index contributed by atoms with van der Waals surface area (Å²) in [4.78, 5) is 23.0. The molecule has 0 amide bonds. The van der Waals surface area contributed by atoms with Gasteiger partial charge in [0.2, 0.25) is 5.95 Å². The van der Waals surface area contributed by atoms with Gasteiger partial charge in [-0.15, -0.1) is 0 Å². The minimum atomic E-state index is 0.0822. The number of aromatic nitrogens is 2. The van der Waals surface area contributed by atoms with Crippen LogP contribution < -0.4 is 10.5 Å². The van der Waals surface area contributed by atoms with Crippen molar-refractivity contribution in [1.29, 1.82) is 0 Å². The monoisotopic (exact) mass is 386 g/mol. The number of hydrogen-bond donors (Lipinski definition) is 0. The third kappa shape index (κ3) is 3.47. The number of nitrogens with zero attached hydrogens (tertiary/aromatic N) is 4. The Kier molecular flexibility index (Phi) is 4.47. The van der Waals surface area contributed by atoms with Crippen LogP contribution in [0, 0.1) is 13.8 Å². The van der Waals surface area contributed by atoms with E-state index in [1.165, 1.54) is 18.4 Å². The van der Waals surface area contributed by atoms with Gasteiger partial charge in [0.25, 0.3) is 5.56 Å². The van der Waals surface area contributed by atoms with Crippen molar-refractivity contribution in [2.75, 3.05) is 11.6 Å². The summed E-state index contributed by atoms with van der Waals surface area (Å²) >= 11 is 0. The van der Waals surface area contributed by atoms with E-state index in [1.54, 1.807) is 0 Å². The Morgan fingerprint density at radius 1 is 0.966 bits per heavy atom. The van der Waals surface area contributed by atoms with Crippen molar-refractivity contribution in [3.63, 3.8) is 0 Å². The summed E-state index contributed by atoms with van der Waals surface area (Å²) in [6.45, 7) is 5.45. The summed E-state index contributed by atoms with van der Waals surface area (Å²) in [5.74, 6) is 0.755. The first-order valence-corrected chi connectivity index (χ1v) is 10.3. The molecule has 0 bridgehead atoms. The van der Waals surface area contributed by atoms with E-state index in [9.17, 15) is 4.79 Å². The van der Waals surface area contributed by atoms with Crippen LogP contribution in [0.1, 0.15) is 35.2 Å². The molecule has 1 saturated carbocycles. The van der Waals surface area contributed by atoms with Crippen molar-refractivity contribution in [1.82, 2.24) is 14.5 Å². The van der Waals surface area contributed by atoms with Gasteiger partial charge in [-0.05, 0) is 44.4 Å². The Labute approximate surface area is 171 Å². The summed E-state index contributed by atoms with van der Waals surface area (Å²) in [5.41, 5.74) is 5.14. The van der Waals surface area contributed by atoms with Crippen LogP contribution in [0.3, 0.4) is 0 Å². The summed E-state index contributed by atoms with van der Waals surface area (Å²) in [5, 5.41) is 0. The molecule has 0 radical (unpaired) electrons. The van der Waals surface area contributed by atoms with Gasteiger partial charge in [0, 0.05) is 23.7 Å². The Hall–Kier alpha value is -2.92. The molecule has 5 nitrogen and oxygen atoms in total. The number of benzene rings is 2. The Morgan fingerprint density at radius 2 is 1.69 bits per heavy atom. The van der Waals surface area contributed by atoms with Crippen LogP contribution >= 0.6 is 0 Å². The maximum Gasteiger partial charge on any atom is 0.259 e. The fourth-order valence-corrected chi connectivity index (χ4v) is 4.09. The van der Waals surface area contributed by atoms with E-state index < -0.39 is 0 Å². The maximum atomic E-state index is 13.5. The smallest absolute Gasteiger partial charge is 0.259 e. The predicted molar refractivity (Wildman–Crippen MR) is 116 cm³/mol. The van der Waals surface area contributed by atoms with Gasteiger partial charge >= 0.3 is 0 Å². The van der Waals surface area contributed by atoms with E-state index in [0.29, 0.717) is 19.1 Å². The molecule has 1 fully saturated rings. The number of fused-ring (bicyclic) bond motifs is 1. The third-order valence-corrected chi connectivity index (χ3v) is 5.97. The fraction of sp³-hybridized carbons (Fsp3) is 0.333. The van der Waals surface area contributed by atoms with Crippen molar-refractivity contribution in [2.45, 2.75) is 45.8 Å². The summed E-state index contributed by atoms with van der Waals surface area (Å²) in [7, 11) is 0. The maximum absolute atomic E-state index is 13.5. The number of hydrogen-bond acceptors (Lipinski definition) is 4. The van der Waals surface area contributed by atoms with Gasteiger partial charge in [-0.2, -0.15) is 0 Å². The molecule has 0 atom stereocenters. The van der Waals surface area contributed by atoms with Crippen LogP contribution in [0.15, 0.2) is 59.4 Å². The van der Waals surface area contributed by atoms with Gasteiger partial charge in [-0.3, -0.25) is 19.2 Å². The molecule has 2 aliphatic rings. The molecule has 3 aromatic rings. The van der Waals surface area contributed by atoms with E-state index in [0.717, 1.165) is 35.1 Å². The van der Waals surface area contributed by atoms with Crippen molar-refractivity contribution in [3.8, 4) is 0 Å². The highest BCUT2D eigenvalue weighted by atomic mass is 16.1. The van der Waals surface area contributed by atoms with E-state index in [2.05, 4.69) is 53.1 Å². The molecular formula is C24H26N4O. The molecule has 0 spiro atoms. The lowest BCUT2D eigenvalue weighted by Gasteiger charge is -2.38. The molecule has 5 rings (SSSR count). The molecule has 29 heavy (non-hydrogen) atoms. The second kappa shape index (κ2) is 7.16. The summed E-state index contributed by atoms with van der Waals surface area (Å²) in [6, 6.07) is 19.2. The van der Waals surface area contributed by atoms with Crippen LogP contribution in [0.25, 0.3) is 0 Å². The van der Waals surface area contributed by atoms with Gasteiger partial charge in [-0.1, -0.05) is 48.0 Å². The number of anilines is 2. The molecule has 0 unspecified atom stereocenters. The fourth-order valence-electron chi connectivity index (χ4n) is 4.09. The molecule has 1 aliphatic heterocycles. The molecule has 0 saturated heterocycles. The summed E-state index contributed by atoms with van der Waals surface area (Å²) < 4.78 is 1.87. The zero-order valence-electron chi connectivity index (χ0n) is 17.0. The normalized spacial score (nSPS) is 16.7. The first kappa shape index (κ1) is 18.1. The van der Waals surface area contributed by atoms with Gasteiger partial charge in [-0.25, -0.2) is 4.98 Å². The predicted octanol–water partition coefficient (Wildman–Crippen LogP) is 3.98. The first-order valence-electron chi connectivity index (χ1n) is 10.3. The molecule has 2 aromatic carbocycles. The van der Waals surface area contributed by atoms with Crippen molar-refractivity contribution >= 4 is 11.6 Å². The standard InChI is InChI=1S/C24H26N4O/c1-17-8-10-21(11-9-17)27-15-26(20-12-13-20)16-28-23(29)22(18(2)25-24(27)28)14-19-6-4-3-5-7-19/h3-11,20H,12-16H2,1-2H3. The van der Waals surface area contributed by atoms with Gasteiger partial charge in [0.15, 0.2) is 0 Å². The molecular weight excluding hydrogens is 360 g/mol. The topological polar surface area (TPSA) is 41.4 Å². The van der Waals surface area contributed by atoms with Gasteiger partial charge < -0.3 is 0 Å². The quantitative estimate of drug-likeness (QED) is 0.680. The lowest BCUT2D eigenvalue weighted by Crippen LogP contribution is -2.48. The lowest BCUT2D eigenvalue weighted by molar-refractivity contribution is 0.188. The first-order chi connectivity index (χ1) is 14.1. The molecule has 1 aliphatic carbocycles.